The minimum absolute atomic E-state index is 0.144. The Kier molecular flexibility index (Phi) is 4.05. The van der Waals surface area contributed by atoms with Crippen LogP contribution in [0.25, 0.3) is 27.8 Å². The first kappa shape index (κ1) is 18.3. The monoisotopic (exact) mass is 406 g/mol. The van der Waals surface area contributed by atoms with Crippen LogP contribution < -0.4 is 5.14 Å². The lowest BCUT2D eigenvalue weighted by Gasteiger charge is -2.09. The maximum atomic E-state index is 13.3. The molecule has 0 unspecified atom stereocenters. The van der Waals surface area contributed by atoms with Crippen LogP contribution in [0.2, 0.25) is 0 Å². The molecule has 2 heterocycles. The van der Waals surface area contributed by atoms with E-state index in [4.69, 9.17) is 5.14 Å². The maximum absolute atomic E-state index is 13.3. The first-order valence-electron chi connectivity index (χ1n) is 8.01. The van der Waals surface area contributed by atoms with Crippen molar-refractivity contribution in [2.24, 2.45) is 5.14 Å². The number of nitrogens with zero attached hydrogens (tertiary/aromatic N) is 2. The molecular weight excluding hydrogens is 393 g/mol. The molecule has 144 valence electrons. The van der Waals surface area contributed by atoms with Gasteiger partial charge in [0.1, 0.15) is 0 Å². The van der Waals surface area contributed by atoms with E-state index >= 15 is 0 Å². The SMILES string of the molecule is NS(=O)(=O)c1ccc(-n2nc(C(F)(F)F)cc2-c2ccc3[nH]ccc3c2)cc1. The third kappa shape index (κ3) is 3.27. The van der Waals surface area contributed by atoms with Crippen LogP contribution in [0.15, 0.2) is 65.7 Å². The molecule has 0 aliphatic carbocycles. The van der Waals surface area contributed by atoms with E-state index in [9.17, 15) is 21.6 Å². The minimum atomic E-state index is -4.63. The van der Waals surface area contributed by atoms with Gasteiger partial charge in [0.2, 0.25) is 10.0 Å². The molecule has 0 spiro atoms. The quantitative estimate of drug-likeness (QED) is 0.543. The second kappa shape index (κ2) is 6.21. The number of hydrogen-bond acceptors (Lipinski definition) is 3. The number of H-pyrrole nitrogens is 1. The number of aromatic nitrogens is 3. The number of primary sulfonamides is 1. The first-order chi connectivity index (χ1) is 13.1. The van der Waals surface area contributed by atoms with Crippen LogP contribution in [0.1, 0.15) is 5.69 Å². The molecule has 0 aliphatic heterocycles. The molecule has 28 heavy (non-hydrogen) atoms. The van der Waals surface area contributed by atoms with E-state index in [0.717, 1.165) is 21.7 Å². The summed E-state index contributed by atoms with van der Waals surface area (Å²) >= 11 is 0. The van der Waals surface area contributed by atoms with E-state index in [1.54, 1.807) is 24.4 Å². The summed E-state index contributed by atoms with van der Waals surface area (Å²) in [6, 6.07) is 13.1. The van der Waals surface area contributed by atoms with E-state index in [2.05, 4.69) is 10.1 Å². The fourth-order valence-electron chi connectivity index (χ4n) is 2.91. The summed E-state index contributed by atoms with van der Waals surface area (Å²) in [5, 5.41) is 9.60. The lowest BCUT2D eigenvalue weighted by molar-refractivity contribution is -0.141. The fraction of sp³-hybridized carbons (Fsp3) is 0.0556. The maximum Gasteiger partial charge on any atom is 0.435 e. The summed E-state index contributed by atoms with van der Waals surface area (Å²) in [5.41, 5.74) is 0.826. The van der Waals surface area contributed by atoms with E-state index < -0.39 is 21.9 Å². The van der Waals surface area contributed by atoms with Crippen LogP contribution in [-0.4, -0.2) is 23.2 Å². The minimum Gasteiger partial charge on any atom is -0.361 e. The molecule has 3 N–H and O–H groups in total. The second-order valence-electron chi connectivity index (χ2n) is 6.14. The molecule has 0 amide bonds. The van der Waals surface area contributed by atoms with Crippen molar-refractivity contribution in [2.45, 2.75) is 11.1 Å². The van der Waals surface area contributed by atoms with Gasteiger partial charge in [0.15, 0.2) is 5.69 Å². The van der Waals surface area contributed by atoms with E-state index in [-0.39, 0.29) is 16.3 Å². The normalized spacial score (nSPS) is 12.6. The van der Waals surface area contributed by atoms with E-state index in [0.29, 0.717) is 5.56 Å². The Labute approximate surface area is 157 Å². The number of aromatic amines is 1. The molecule has 2 aromatic heterocycles. The van der Waals surface area contributed by atoms with Gasteiger partial charge in [-0.3, -0.25) is 0 Å². The molecule has 4 rings (SSSR count). The summed E-state index contributed by atoms with van der Waals surface area (Å²) in [5.74, 6) is 0. The summed E-state index contributed by atoms with van der Waals surface area (Å²) in [4.78, 5) is 2.88. The van der Waals surface area contributed by atoms with Crippen LogP contribution in [0.5, 0.6) is 0 Å². The van der Waals surface area contributed by atoms with Gasteiger partial charge in [-0.25, -0.2) is 18.2 Å². The van der Waals surface area contributed by atoms with Crippen molar-refractivity contribution >= 4 is 20.9 Å². The summed E-state index contributed by atoms with van der Waals surface area (Å²) in [6.07, 6.45) is -2.89. The Morgan fingerprint density at radius 2 is 1.71 bits per heavy atom. The number of halogens is 3. The second-order valence-corrected chi connectivity index (χ2v) is 7.70. The highest BCUT2D eigenvalue weighted by atomic mass is 32.2. The van der Waals surface area contributed by atoms with Gasteiger partial charge >= 0.3 is 6.18 Å². The lowest BCUT2D eigenvalue weighted by atomic mass is 10.1. The van der Waals surface area contributed by atoms with Crippen molar-refractivity contribution in [3.63, 3.8) is 0 Å². The summed E-state index contributed by atoms with van der Waals surface area (Å²) < 4.78 is 63.7. The highest BCUT2D eigenvalue weighted by Crippen LogP contribution is 2.34. The molecule has 0 fully saturated rings. The number of benzene rings is 2. The Hall–Kier alpha value is -3.11. The van der Waals surface area contributed by atoms with E-state index in [1.165, 1.54) is 24.3 Å². The predicted molar refractivity (Wildman–Crippen MR) is 97.2 cm³/mol. The number of nitrogens with one attached hydrogen (secondary N) is 1. The van der Waals surface area contributed by atoms with Gasteiger partial charge in [-0.1, -0.05) is 6.07 Å². The zero-order valence-corrected chi connectivity index (χ0v) is 14.9. The molecule has 0 saturated carbocycles. The predicted octanol–water partition coefficient (Wildman–Crippen LogP) is 3.69. The van der Waals surface area contributed by atoms with Crippen molar-refractivity contribution in [2.75, 3.05) is 0 Å². The zero-order valence-electron chi connectivity index (χ0n) is 14.1. The smallest absolute Gasteiger partial charge is 0.361 e. The Morgan fingerprint density at radius 1 is 1.00 bits per heavy atom. The van der Waals surface area contributed by atoms with Gasteiger partial charge in [-0.2, -0.15) is 18.3 Å². The summed E-state index contributed by atoms with van der Waals surface area (Å²) in [6.45, 7) is 0. The third-order valence-corrected chi connectivity index (χ3v) is 5.19. The van der Waals surface area contributed by atoms with Crippen LogP contribution in [-0.2, 0) is 16.2 Å². The van der Waals surface area contributed by atoms with Crippen molar-refractivity contribution in [3.8, 4) is 16.9 Å². The molecule has 2 aromatic carbocycles. The average Bonchev–Trinajstić information content (AvgIpc) is 3.27. The van der Waals surface area contributed by atoms with E-state index in [1.807, 2.05) is 6.07 Å². The van der Waals surface area contributed by atoms with Gasteiger partial charge in [0.05, 0.1) is 16.3 Å². The molecule has 0 atom stereocenters. The van der Waals surface area contributed by atoms with Crippen LogP contribution in [0.3, 0.4) is 0 Å². The lowest BCUT2D eigenvalue weighted by Crippen LogP contribution is -2.12. The van der Waals surface area contributed by atoms with Crippen LogP contribution in [0, 0.1) is 0 Å². The first-order valence-corrected chi connectivity index (χ1v) is 9.55. The number of nitrogens with two attached hydrogens (primary N) is 1. The molecule has 0 saturated heterocycles. The van der Waals surface area contributed by atoms with Gasteiger partial charge in [-0.15, -0.1) is 0 Å². The topological polar surface area (TPSA) is 93.8 Å². The number of alkyl halides is 3. The van der Waals surface area contributed by atoms with Gasteiger partial charge in [-0.05, 0) is 48.5 Å². The number of fused-ring (bicyclic) bond motifs is 1. The van der Waals surface area contributed by atoms with Gasteiger partial charge in [0.25, 0.3) is 0 Å². The van der Waals surface area contributed by atoms with Crippen molar-refractivity contribution in [3.05, 3.63) is 66.5 Å². The highest BCUT2D eigenvalue weighted by molar-refractivity contribution is 7.89. The molecule has 6 nitrogen and oxygen atoms in total. The molecule has 0 bridgehead atoms. The van der Waals surface area contributed by atoms with Crippen LogP contribution in [0.4, 0.5) is 13.2 Å². The fourth-order valence-corrected chi connectivity index (χ4v) is 3.43. The Morgan fingerprint density at radius 3 is 2.36 bits per heavy atom. The largest absolute Gasteiger partial charge is 0.435 e. The molecule has 10 heteroatoms. The third-order valence-electron chi connectivity index (χ3n) is 4.26. The van der Waals surface area contributed by atoms with Gasteiger partial charge in [0, 0.05) is 22.7 Å². The number of rotatable bonds is 3. The number of hydrogen-bond donors (Lipinski definition) is 2. The highest BCUT2D eigenvalue weighted by Gasteiger charge is 2.35. The van der Waals surface area contributed by atoms with Crippen molar-refractivity contribution in [1.82, 2.24) is 14.8 Å². The van der Waals surface area contributed by atoms with Crippen molar-refractivity contribution < 1.29 is 21.6 Å². The molecular formula is C18H13F3N4O2S. The van der Waals surface area contributed by atoms with Gasteiger partial charge < -0.3 is 4.98 Å². The Bertz CT molecular complexity index is 1270. The van der Waals surface area contributed by atoms with Crippen molar-refractivity contribution in [1.29, 1.82) is 0 Å². The standard InChI is InChI=1S/C18H13F3N4O2S/c19-18(20,21)17-10-16(12-1-6-15-11(9-12)7-8-23-15)25(24-17)13-2-4-14(5-3-13)28(22,26)27/h1-10,23H,(H2,22,26,27). The number of sulfonamides is 1. The Balaban J connectivity index is 1.89. The molecule has 0 aliphatic rings. The molecule has 4 aromatic rings. The summed E-state index contributed by atoms with van der Waals surface area (Å²) in [7, 11) is -3.91. The van der Waals surface area contributed by atoms with Crippen LogP contribution >= 0.6 is 0 Å². The zero-order chi connectivity index (χ0) is 20.1. The molecule has 0 radical (unpaired) electrons. The average molecular weight is 406 g/mol.